The molecule has 0 saturated carbocycles. The van der Waals surface area contributed by atoms with E-state index in [1.807, 2.05) is 53.1 Å². The van der Waals surface area contributed by atoms with Crippen LogP contribution in [0.1, 0.15) is 32.2 Å². The molecule has 0 spiro atoms. The van der Waals surface area contributed by atoms with Crippen LogP contribution in [-0.4, -0.2) is 31.2 Å². The summed E-state index contributed by atoms with van der Waals surface area (Å²) in [6, 6.07) is 15.5. The Hall–Kier alpha value is -3.65. The number of nitrogens with two attached hydrogens (primary N) is 1. The van der Waals surface area contributed by atoms with Crippen molar-refractivity contribution >= 4 is 33.7 Å². The van der Waals surface area contributed by atoms with E-state index in [9.17, 15) is 9.90 Å². The number of aromatic nitrogens is 3. The lowest BCUT2D eigenvalue weighted by atomic mass is 10.1. The number of rotatable bonds is 7. The van der Waals surface area contributed by atoms with Gasteiger partial charge in [-0.3, -0.25) is 4.79 Å². The Labute approximate surface area is 185 Å². The maximum absolute atomic E-state index is 11.4. The number of aliphatic hydroxyl groups is 1. The van der Waals surface area contributed by atoms with Gasteiger partial charge < -0.3 is 24.9 Å². The third kappa shape index (κ3) is 4.65. The van der Waals surface area contributed by atoms with Crippen LogP contribution in [0.4, 0.5) is 5.82 Å². The van der Waals surface area contributed by atoms with Gasteiger partial charge in [0.2, 0.25) is 0 Å². The number of fused-ring (bicyclic) bond motifs is 3. The first-order chi connectivity index (χ1) is 15.2. The summed E-state index contributed by atoms with van der Waals surface area (Å²) < 4.78 is 12.9. The number of pyridine rings is 1. The second-order valence-electron chi connectivity index (χ2n) is 8.35. The summed E-state index contributed by atoms with van der Waals surface area (Å²) in [5.74, 6) is 0.998. The second-order valence-corrected chi connectivity index (χ2v) is 8.35. The summed E-state index contributed by atoms with van der Waals surface area (Å²) >= 11 is 0. The Kier molecular flexibility index (Phi) is 5.71. The quantitative estimate of drug-likeness (QED) is 0.428. The maximum atomic E-state index is 11.4. The summed E-state index contributed by atoms with van der Waals surface area (Å²) in [7, 11) is 0. The predicted octanol–water partition coefficient (Wildman–Crippen LogP) is 3.58. The number of carbonyl (C=O) groups excluding carboxylic acids is 1. The fourth-order valence-corrected chi connectivity index (χ4v) is 3.60. The summed E-state index contributed by atoms with van der Waals surface area (Å²) in [6.07, 6.45) is 0. The Morgan fingerprint density at radius 1 is 1.12 bits per heavy atom. The number of benzene rings is 2. The Bertz CT molecular complexity index is 1280. The van der Waals surface area contributed by atoms with Crippen molar-refractivity contribution in [1.82, 2.24) is 14.5 Å². The van der Waals surface area contributed by atoms with Gasteiger partial charge in [-0.25, -0.2) is 9.97 Å². The van der Waals surface area contributed by atoms with E-state index in [1.54, 1.807) is 13.8 Å². The van der Waals surface area contributed by atoms with Crippen LogP contribution in [0.25, 0.3) is 21.9 Å². The molecule has 166 valence electrons. The molecule has 0 atom stereocenters. The van der Waals surface area contributed by atoms with Gasteiger partial charge in [0.05, 0.1) is 23.2 Å². The Morgan fingerprint density at radius 3 is 2.56 bits per heavy atom. The van der Waals surface area contributed by atoms with Gasteiger partial charge in [0.25, 0.3) is 0 Å². The molecule has 2 heterocycles. The smallest absolute Gasteiger partial charge is 0.303 e. The largest absolute Gasteiger partial charge is 0.489 e. The number of nitrogen functional groups attached to an aromatic ring is 1. The summed E-state index contributed by atoms with van der Waals surface area (Å²) in [5.41, 5.74) is 8.16. The molecule has 0 unspecified atom stereocenters. The van der Waals surface area contributed by atoms with E-state index in [4.69, 9.17) is 15.2 Å². The lowest BCUT2D eigenvalue weighted by molar-refractivity contribution is -0.142. The van der Waals surface area contributed by atoms with Crippen molar-refractivity contribution in [2.45, 2.75) is 46.1 Å². The molecule has 3 N–H and O–H groups in total. The lowest BCUT2D eigenvalue weighted by Gasteiger charge is -2.20. The minimum absolute atomic E-state index is 0.0285. The fraction of sp³-hybridized carbons (Fsp3) is 0.292. The zero-order valence-corrected chi connectivity index (χ0v) is 18.3. The van der Waals surface area contributed by atoms with E-state index in [2.05, 4.69) is 9.97 Å². The van der Waals surface area contributed by atoms with Crippen molar-refractivity contribution in [1.29, 1.82) is 0 Å². The second kappa shape index (κ2) is 8.47. The van der Waals surface area contributed by atoms with Gasteiger partial charge in [-0.2, -0.15) is 0 Å². The van der Waals surface area contributed by atoms with E-state index in [0.717, 1.165) is 16.5 Å². The van der Waals surface area contributed by atoms with Crippen LogP contribution in [0.2, 0.25) is 0 Å². The van der Waals surface area contributed by atoms with Crippen LogP contribution in [-0.2, 0) is 29.3 Å². The molecule has 4 rings (SSSR count). The van der Waals surface area contributed by atoms with E-state index in [0.29, 0.717) is 29.2 Å². The van der Waals surface area contributed by atoms with Crippen molar-refractivity contribution in [3.63, 3.8) is 0 Å². The number of carbonyl (C=O) groups is 1. The van der Waals surface area contributed by atoms with Crippen LogP contribution < -0.4 is 10.5 Å². The molecule has 0 aliphatic rings. The van der Waals surface area contributed by atoms with Crippen LogP contribution in [0.15, 0.2) is 48.5 Å². The molecular formula is C24H26N4O4. The lowest BCUT2D eigenvalue weighted by Crippen LogP contribution is -2.27. The zero-order chi connectivity index (χ0) is 22.9. The van der Waals surface area contributed by atoms with Crippen molar-refractivity contribution in [2.24, 2.45) is 0 Å². The third-order valence-corrected chi connectivity index (χ3v) is 4.95. The first kappa shape index (κ1) is 21.6. The SMILES string of the molecule is CC(=O)OCc1nc2c(N)nc3cc(OCc4ccccc4)ccc3c2n1CC(C)(C)O. The molecule has 2 aromatic carbocycles. The molecule has 2 aromatic heterocycles. The molecule has 0 amide bonds. The Morgan fingerprint density at radius 2 is 1.88 bits per heavy atom. The highest BCUT2D eigenvalue weighted by atomic mass is 16.5. The molecule has 8 nitrogen and oxygen atoms in total. The fourth-order valence-electron chi connectivity index (χ4n) is 3.60. The van der Waals surface area contributed by atoms with Crippen LogP contribution in [0.5, 0.6) is 5.75 Å². The number of esters is 1. The van der Waals surface area contributed by atoms with Gasteiger partial charge in [-0.05, 0) is 31.5 Å². The number of hydrogen-bond donors (Lipinski definition) is 2. The molecule has 4 aromatic rings. The number of hydrogen-bond acceptors (Lipinski definition) is 7. The normalized spacial score (nSPS) is 11.8. The molecule has 0 aliphatic carbocycles. The number of anilines is 1. The molecule has 32 heavy (non-hydrogen) atoms. The first-order valence-electron chi connectivity index (χ1n) is 10.3. The molecule has 0 bridgehead atoms. The maximum Gasteiger partial charge on any atom is 0.303 e. The van der Waals surface area contributed by atoms with Crippen molar-refractivity contribution in [2.75, 3.05) is 5.73 Å². The Balaban J connectivity index is 1.79. The number of nitrogens with zero attached hydrogens (tertiary/aromatic N) is 3. The standard InChI is InChI=1S/C24H26N4O4/c1-15(29)31-13-20-27-21-22(28(20)14-24(2,3)30)18-10-9-17(11-19(18)26-23(21)25)32-12-16-7-5-4-6-8-16/h4-11,30H,12-14H2,1-3H3,(H2,25,26). The van der Waals surface area contributed by atoms with Crippen molar-refractivity contribution in [3.8, 4) is 5.75 Å². The van der Waals surface area contributed by atoms with E-state index in [-0.39, 0.29) is 19.0 Å². The van der Waals surface area contributed by atoms with Crippen molar-refractivity contribution < 1.29 is 19.4 Å². The van der Waals surface area contributed by atoms with Gasteiger partial charge in [0.1, 0.15) is 30.3 Å². The van der Waals surface area contributed by atoms with Crippen LogP contribution >= 0.6 is 0 Å². The van der Waals surface area contributed by atoms with E-state index in [1.165, 1.54) is 6.92 Å². The first-order valence-corrected chi connectivity index (χ1v) is 10.3. The molecule has 8 heteroatoms. The van der Waals surface area contributed by atoms with Gasteiger partial charge in [-0.15, -0.1) is 0 Å². The highest BCUT2D eigenvalue weighted by Crippen LogP contribution is 2.32. The number of imidazole rings is 1. The highest BCUT2D eigenvalue weighted by molar-refractivity contribution is 6.07. The molecule has 0 saturated heterocycles. The average Bonchev–Trinajstić information content (AvgIpc) is 3.09. The minimum Gasteiger partial charge on any atom is -0.489 e. The molecule has 0 aliphatic heterocycles. The molecule has 0 fully saturated rings. The summed E-state index contributed by atoms with van der Waals surface area (Å²) in [4.78, 5) is 20.4. The predicted molar refractivity (Wildman–Crippen MR) is 122 cm³/mol. The summed E-state index contributed by atoms with van der Waals surface area (Å²) in [6.45, 7) is 5.40. The molecular weight excluding hydrogens is 408 g/mol. The van der Waals surface area contributed by atoms with Gasteiger partial charge >= 0.3 is 5.97 Å². The topological polar surface area (TPSA) is 112 Å². The molecule has 0 radical (unpaired) electrons. The number of ether oxygens (including phenoxy) is 2. The van der Waals surface area contributed by atoms with Gasteiger partial charge in [0, 0.05) is 18.4 Å². The van der Waals surface area contributed by atoms with Crippen molar-refractivity contribution in [3.05, 3.63) is 59.9 Å². The van der Waals surface area contributed by atoms with E-state index >= 15 is 0 Å². The average molecular weight is 434 g/mol. The minimum atomic E-state index is -1.03. The van der Waals surface area contributed by atoms with Gasteiger partial charge in [-0.1, -0.05) is 30.3 Å². The zero-order valence-electron chi connectivity index (χ0n) is 18.3. The van der Waals surface area contributed by atoms with E-state index < -0.39 is 11.6 Å². The monoisotopic (exact) mass is 434 g/mol. The summed E-state index contributed by atoms with van der Waals surface area (Å²) in [5, 5.41) is 11.3. The van der Waals surface area contributed by atoms with Gasteiger partial charge in [0.15, 0.2) is 5.82 Å². The third-order valence-electron chi connectivity index (χ3n) is 4.95. The van der Waals surface area contributed by atoms with Crippen LogP contribution in [0, 0.1) is 0 Å². The highest BCUT2D eigenvalue weighted by Gasteiger charge is 2.23. The van der Waals surface area contributed by atoms with Crippen LogP contribution in [0.3, 0.4) is 0 Å².